The minimum absolute atomic E-state index is 0.188. The van der Waals surface area contributed by atoms with E-state index in [1.807, 2.05) is 23.1 Å². The highest BCUT2D eigenvalue weighted by molar-refractivity contribution is 9.10. The molecule has 0 aliphatic carbocycles. The van der Waals surface area contributed by atoms with Crippen LogP contribution in [0.2, 0.25) is 0 Å². The smallest absolute Gasteiger partial charge is 0.0795 e. The third-order valence-corrected chi connectivity index (χ3v) is 6.95. The number of ether oxygens (including phenoxy) is 1. The van der Waals surface area contributed by atoms with E-state index in [4.69, 9.17) is 4.74 Å². The van der Waals surface area contributed by atoms with Crippen molar-refractivity contribution in [2.75, 3.05) is 18.1 Å². The summed E-state index contributed by atoms with van der Waals surface area (Å²) >= 11 is 7.45. The van der Waals surface area contributed by atoms with Gasteiger partial charge in [0.05, 0.1) is 5.60 Å². The highest BCUT2D eigenvalue weighted by Gasteiger charge is 2.40. The van der Waals surface area contributed by atoms with E-state index in [0.717, 1.165) is 19.6 Å². The van der Waals surface area contributed by atoms with Gasteiger partial charge in [-0.05, 0) is 52.4 Å². The Kier molecular flexibility index (Phi) is 4.35. The fourth-order valence-corrected chi connectivity index (χ4v) is 5.58. The minimum atomic E-state index is 0.188. The minimum Gasteiger partial charge on any atom is -0.374 e. The van der Waals surface area contributed by atoms with Crippen molar-refractivity contribution in [1.29, 1.82) is 0 Å². The molecule has 2 saturated heterocycles. The van der Waals surface area contributed by atoms with Gasteiger partial charge in [0, 0.05) is 34.3 Å². The van der Waals surface area contributed by atoms with Crippen LogP contribution in [0.4, 0.5) is 0 Å². The molecule has 1 aromatic rings. The largest absolute Gasteiger partial charge is 0.374 e. The van der Waals surface area contributed by atoms with Crippen LogP contribution < -0.4 is 5.32 Å². The average molecular weight is 348 g/mol. The number of hydrogen-bond donors (Lipinski definition) is 1. The molecule has 18 heavy (non-hydrogen) atoms. The van der Waals surface area contributed by atoms with Crippen LogP contribution in [0.25, 0.3) is 0 Å². The monoisotopic (exact) mass is 347 g/mol. The van der Waals surface area contributed by atoms with Gasteiger partial charge in [0.2, 0.25) is 0 Å². The van der Waals surface area contributed by atoms with Gasteiger partial charge in [-0.1, -0.05) is 0 Å². The molecule has 2 unspecified atom stereocenters. The van der Waals surface area contributed by atoms with Crippen molar-refractivity contribution < 1.29 is 4.74 Å². The molecule has 2 fully saturated rings. The van der Waals surface area contributed by atoms with Gasteiger partial charge < -0.3 is 10.1 Å². The molecule has 5 heteroatoms. The lowest BCUT2D eigenvalue weighted by Gasteiger charge is -2.38. The van der Waals surface area contributed by atoms with Crippen molar-refractivity contribution >= 4 is 39.0 Å². The van der Waals surface area contributed by atoms with Crippen LogP contribution in [0, 0.1) is 0 Å². The third kappa shape index (κ3) is 2.96. The Labute approximate surface area is 125 Å². The molecule has 2 atom stereocenters. The highest BCUT2D eigenvalue weighted by Crippen LogP contribution is 2.38. The van der Waals surface area contributed by atoms with Crippen LogP contribution in [0.1, 0.15) is 24.1 Å². The normalized spacial score (nSPS) is 32.2. The number of thiophene rings is 1. The van der Waals surface area contributed by atoms with Gasteiger partial charge in [-0.25, -0.2) is 0 Å². The zero-order valence-electron chi connectivity index (χ0n) is 10.3. The summed E-state index contributed by atoms with van der Waals surface area (Å²) in [5.74, 6) is 2.46. The van der Waals surface area contributed by atoms with Crippen LogP contribution in [-0.2, 0) is 11.3 Å². The standard InChI is InChI=1S/C13H18BrNOS2/c14-11-2-5-18-12(11)8-15-10-1-4-16-13(7-10)3-6-17-9-13/h2,5,10,15H,1,3-4,6-9H2. The first kappa shape index (κ1) is 13.4. The summed E-state index contributed by atoms with van der Waals surface area (Å²) in [5, 5.41) is 5.85. The Morgan fingerprint density at radius 1 is 1.56 bits per heavy atom. The fourth-order valence-electron chi connectivity index (χ4n) is 2.75. The molecule has 100 valence electrons. The van der Waals surface area contributed by atoms with E-state index in [2.05, 4.69) is 32.7 Å². The van der Waals surface area contributed by atoms with Crippen LogP contribution >= 0.6 is 39.0 Å². The first-order valence-electron chi connectivity index (χ1n) is 6.44. The van der Waals surface area contributed by atoms with Gasteiger partial charge >= 0.3 is 0 Å². The molecule has 2 aliphatic heterocycles. The summed E-state index contributed by atoms with van der Waals surface area (Å²) in [7, 11) is 0. The second kappa shape index (κ2) is 5.83. The predicted molar refractivity (Wildman–Crippen MR) is 82.5 cm³/mol. The van der Waals surface area contributed by atoms with Crippen molar-refractivity contribution in [2.24, 2.45) is 0 Å². The molecule has 1 aromatic heterocycles. The molecule has 2 aliphatic rings. The Balaban J connectivity index is 1.55. The van der Waals surface area contributed by atoms with Crippen molar-refractivity contribution in [3.63, 3.8) is 0 Å². The lowest BCUT2D eigenvalue weighted by atomic mass is 9.90. The summed E-state index contributed by atoms with van der Waals surface area (Å²) in [4.78, 5) is 1.40. The molecular weight excluding hydrogens is 330 g/mol. The summed E-state index contributed by atoms with van der Waals surface area (Å²) in [6.07, 6.45) is 3.57. The average Bonchev–Trinajstić information content (AvgIpc) is 2.97. The molecule has 0 saturated carbocycles. The zero-order chi connectivity index (χ0) is 12.4. The molecule has 0 radical (unpaired) electrons. The number of rotatable bonds is 3. The Bertz CT molecular complexity index is 403. The summed E-state index contributed by atoms with van der Waals surface area (Å²) in [6, 6.07) is 2.74. The molecule has 0 aromatic carbocycles. The quantitative estimate of drug-likeness (QED) is 0.901. The number of thioether (sulfide) groups is 1. The van der Waals surface area contributed by atoms with Gasteiger partial charge in [0.25, 0.3) is 0 Å². The van der Waals surface area contributed by atoms with E-state index < -0.39 is 0 Å². The molecule has 0 bridgehead atoms. The van der Waals surface area contributed by atoms with Gasteiger partial charge in [0.1, 0.15) is 0 Å². The van der Waals surface area contributed by atoms with Gasteiger partial charge in [-0.3, -0.25) is 0 Å². The lowest BCUT2D eigenvalue weighted by molar-refractivity contribution is -0.0702. The number of hydrogen-bond acceptors (Lipinski definition) is 4. The Morgan fingerprint density at radius 2 is 2.50 bits per heavy atom. The topological polar surface area (TPSA) is 21.3 Å². The number of nitrogens with one attached hydrogen (secondary N) is 1. The van der Waals surface area contributed by atoms with E-state index in [1.165, 1.54) is 33.7 Å². The van der Waals surface area contributed by atoms with Gasteiger partial charge in [-0.2, -0.15) is 11.8 Å². The molecule has 1 N–H and O–H groups in total. The van der Waals surface area contributed by atoms with Gasteiger partial charge in [-0.15, -0.1) is 11.3 Å². The van der Waals surface area contributed by atoms with Crippen molar-refractivity contribution in [2.45, 2.75) is 37.5 Å². The zero-order valence-corrected chi connectivity index (χ0v) is 13.5. The van der Waals surface area contributed by atoms with E-state index >= 15 is 0 Å². The fraction of sp³-hybridized carbons (Fsp3) is 0.692. The molecule has 3 rings (SSSR count). The second-order valence-corrected chi connectivity index (χ2v) is 8.06. The molecule has 1 spiro atoms. The highest BCUT2D eigenvalue weighted by atomic mass is 79.9. The molecule has 2 nitrogen and oxygen atoms in total. The van der Waals surface area contributed by atoms with Crippen LogP contribution in [0.15, 0.2) is 15.9 Å². The van der Waals surface area contributed by atoms with Crippen LogP contribution in [0.3, 0.4) is 0 Å². The van der Waals surface area contributed by atoms with Crippen molar-refractivity contribution in [1.82, 2.24) is 5.32 Å². The Hall–Kier alpha value is 0.450. The summed E-state index contributed by atoms with van der Waals surface area (Å²) in [5.41, 5.74) is 0.188. The SMILES string of the molecule is Brc1ccsc1CNC1CCOC2(CCSC2)C1. The molecule has 0 amide bonds. The molecular formula is C13H18BrNOS2. The van der Waals surface area contributed by atoms with E-state index in [-0.39, 0.29) is 5.60 Å². The van der Waals surface area contributed by atoms with E-state index in [1.54, 1.807) is 0 Å². The van der Waals surface area contributed by atoms with Crippen LogP contribution in [0.5, 0.6) is 0 Å². The summed E-state index contributed by atoms with van der Waals surface area (Å²) < 4.78 is 7.28. The van der Waals surface area contributed by atoms with Crippen molar-refractivity contribution in [3.8, 4) is 0 Å². The summed E-state index contributed by atoms with van der Waals surface area (Å²) in [6.45, 7) is 1.90. The first-order valence-corrected chi connectivity index (χ1v) is 9.27. The van der Waals surface area contributed by atoms with E-state index in [0.29, 0.717) is 6.04 Å². The van der Waals surface area contributed by atoms with Gasteiger partial charge in [0.15, 0.2) is 0 Å². The predicted octanol–water partition coefficient (Wildman–Crippen LogP) is 3.65. The maximum Gasteiger partial charge on any atom is 0.0795 e. The maximum atomic E-state index is 6.05. The maximum absolute atomic E-state index is 6.05. The third-order valence-electron chi connectivity index (χ3n) is 3.80. The number of halogens is 1. The lowest BCUT2D eigenvalue weighted by Crippen LogP contribution is -2.46. The van der Waals surface area contributed by atoms with Crippen LogP contribution in [-0.4, -0.2) is 29.8 Å². The Morgan fingerprint density at radius 3 is 3.22 bits per heavy atom. The van der Waals surface area contributed by atoms with E-state index in [9.17, 15) is 0 Å². The van der Waals surface area contributed by atoms with Crippen molar-refractivity contribution in [3.05, 3.63) is 20.8 Å². The first-order chi connectivity index (χ1) is 8.77. The second-order valence-electron chi connectivity index (χ2n) is 5.10. The molecule has 3 heterocycles.